The minimum atomic E-state index is -0.303. The zero-order valence-corrected chi connectivity index (χ0v) is 7.59. The van der Waals surface area contributed by atoms with E-state index in [9.17, 15) is 4.79 Å². The lowest BCUT2D eigenvalue weighted by Crippen LogP contribution is -2.23. The summed E-state index contributed by atoms with van der Waals surface area (Å²) in [5, 5.41) is 3.56. The fraction of sp³-hybridized carbons (Fsp3) is 0.750. The minimum Gasteiger partial charge on any atom is -0.370 e. The maximum atomic E-state index is 10.6. The van der Waals surface area contributed by atoms with Gasteiger partial charge in [0.1, 0.15) is 0 Å². The molecular weight excluding hydrogens is 158 g/mol. The van der Waals surface area contributed by atoms with Crippen LogP contribution >= 0.6 is 0 Å². The Labute approximate surface area is 71.5 Å². The third-order valence-electron chi connectivity index (χ3n) is 1.30. The molecule has 0 aromatic heterocycles. The Bertz CT molecular complexity index is 215. The first kappa shape index (κ1) is 9.19. The van der Waals surface area contributed by atoms with Crippen molar-refractivity contribution in [2.75, 3.05) is 6.61 Å². The van der Waals surface area contributed by atoms with Crippen LogP contribution in [0.3, 0.4) is 0 Å². The lowest BCUT2D eigenvalue weighted by atomic mass is 10.2. The summed E-state index contributed by atoms with van der Waals surface area (Å²) in [6.07, 6.45) is 0.260. The van der Waals surface area contributed by atoms with E-state index in [1.54, 1.807) is 0 Å². The van der Waals surface area contributed by atoms with Crippen LogP contribution in [0.2, 0.25) is 0 Å². The van der Waals surface area contributed by atoms with E-state index in [1.165, 1.54) is 0 Å². The van der Waals surface area contributed by atoms with Gasteiger partial charge in [-0.3, -0.25) is 0 Å². The quantitative estimate of drug-likeness (QED) is 0.584. The lowest BCUT2D eigenvalue weighted by Gasteiger charge is -2.18. The number of oxime groups is 1. The van der Waals surface area contributed by atoms with Gasteiger partial charge in [-0.05, 0) is 20.8 Å². The molecule has 0 amide bonds. The predicted molar refractivity (Wildman–Crippen MR) is 43.8 cm³/mol. The van der Waals surface area contributed by atoms with Gasteiger partial charge in [0.25, 0.3) is 0 Å². The molecule has 1 aliphatic heterocycles. The van der Waals surface area contributed by atoms with Crippen molar-refractivity contribution < 1.29 is 14.4 Å². The second-order valence-corrected chi connectivity index (χ2v) is 3.70. The first-order chi connectivity index (χ1) is 5.47. The maximum absolute atomic E-state index is 10.6. The molecule has 4 heteroatoms. The monoisotopic (exact) mass is 171 g/mol. The van der Waals surface area contributed by atoms with Crippen LogP contribution < -0.4 is 0 Å². The average molecular weight is 171 g/mol. The van der Waals surface area contributed by atoms with Crippen LogP contribution in [0.1, 0.15) is 27.2 Å². The first-order valence-electron chi connectivity index (χ1n) is 3.87. The molecule has 0 spiro atoms. The highest BCUT2D eigenvalue weighted by atomic mass is 16.7. The average Bonchev–Trinajstić information content (AvgIpc) is 2.30. The van der Waals surface area contributed by atoms with Gasteiger partial charge in [0.15, 0.2) is 0 Å². The SMILES string of the molecule is CC(C)(C)OCC1=NOC(=O)C1. The minimum absolute atomic E-state index is 0.200. The molecule has 0 bridgehead atoms. The molecule has 12 heavy (non-hydrogen) atoms. The summed E-state index contributed by atoms with van der Waals surface area (Å²) in [7, 11) is 0. The second-order valence-electron chi connectivity index (χ2n) is 3.70. The third kappa shape index (κ3) is 3.00. The number of ether oxygens (including phenoxy) is 1. The Morgan fingerprint density at radius 1 is 1.58 bits per heavy atom. The van der Waals surface area contributed by atoms with E-state index in [0.717, 1.165) is 0 Å². The standard InChI is InChI=1S/C8H13NO3/c1-8(2,3)11-5-6-4-7(10)12-9-6/h4-5H2,1-3H3. The van der Waals surface area contributed by atoms with Gasteiger partial charge in [0.05, 0.1) is 24.3 Å². The zero-order valence-electron chi connectivity index (χ0n) is 7.59. The van der Waals surface area contributed by atoms with Crippen molar-refractivity contribution >= 4 is 11.7 Å². The highest BCUT2D eigenvalue weighted by Crippen LogP contribution is 2.09. The van der Waals surface area contributed by atoms with Gasteiger partial charge >= 0.3 is 5.97 Å². The van der Waals surface area contributed by atoms with Crippen molar-refractivity contribution in [3.05, 3.63) is 0 Å². The third-order valence-corrected chi connectivity index (χ3v) is 1.30. The van der Waals surface area contributed by atoms with Crippen LogP contribution in [0.25, 0.3) is 0 Å². The number of nitrogens with zero attached hydrogens (tertiary/aromatic N) is 1. The van der Waals surface area contributed by atoms with Gasteiger partial charge in [0, 0.05) is 0 Å². The molecule has 0 atom stereocenters. The highest BCUT2D eigenvalue weighted by Gasteiger charge is 2.19. The van der Waals surface area contributed by atoms with E-state index in [1.807, 2.05) is 20.8 Å². The van der Waals surface area contributed by atoms with Gasteiger partial charge in [-0.1, -0.05) is 5.16 Å². The van der Waals surface area contributed by atoms with E-state index >= 15 is 0 Å². The van der Waals surface area contributed by atoms with Gasteiger partial charge in [-0.25, -0.2) is 4.79 Å². The number of hydrogen-bond donors (Lipinski definition) is 0. The van der Waals surface area contributed by atoms with E-state index in [2.05, 4.69) is 9.99 Å². The summed E-state index contributed by atoms with van der Waals surface area (Å²) in [5.41, 5.74) is 0.462. The van der Waals surface area contributed by atoms with Crippen molar-refractivity contribution in [3.63, 3.8) is 0 Å². The molecule has 0 aromatic carbocycles. The molecule has 0 saturated heterocycles. The van der Waals surface area contributed by atoms with Gasteiger partial charge < -0.3 is 9.57 Å². The van der Waals surface area contributed by atoms with Crippen LogP contribution in [-0.2, 0) is 14.4 Å². The summed E-state index contributed by atoms with van der Waals surface area (Å²) >= 11 is 0. The molecule has 0 saturated carbocycles. The van der Waals surface area contributed by atoms with Crippen molar-refractivity contribution in [2.24, 2.45) is 5.16 Å². The summed E-state index contributed by atoms with van der Waals surface area (Å²) in [6, 6.07) is 0. The van der Waals surface area contributed by atoms with E-state index < -0.39 is 0 Å². The molecule has 1 heterocycles. The summed E-state index contributed by atoms with van der Waals surface area (Å²) in [5.74, 6) is -0.303. The highest BCUT2D eigenvalue weighted by molar-refractivity contribution is 6.02. The van der Waals surface area contributed by atoms with Crippen molar-refractivity contribution in [3.8, 4) is 0 Å². The molecule has 68 valence electrons. The Balaban J connectivity index is 2.30. The van der Waals surface area contributed by atoms with Crippen LogP contribution in [-0.4, -0.2) is 23.9 Å². The molecule has 0 aromatic rings. The van der Waals surface area contributed by atoms with Gasteiger partial charge in [-0.15, -0.1) is 0 Å². The van der Waals surface area contributed by atoms with Crippen LogP contribution in [0.15, 0.2) is 5.16 Å². The Morgan fingerprint density at radius 3 is 2.67 bits per heavy atom. The summed E-state index contributed by atoms with van der Waals surface area (Å²) in [6.45, 7) is 6.22. The zero-order chi connectivity index (χ0) is 9.19. The molecule has 1 aliphatic rings. The number of hydrogen-bond acceptors (Lipinski definition) is 4. The van der Waals surface area contributed by atoms with Crippen LogP contribution in [0, 0.1) is 0 Å². The van der Waals surface area contributed by atoms with Crippen molar-refractivity contribution in [2.45, 2.75) is 32.8 Å². The van der Waals surface area contributed by atoms with E-state index in [-0.39, 0.29) is 18.0 Å². The van der Waals surface area contributed by atoms with Crippen LogP contribution in [0.5, 0.6) is 0 Å². The molecule has 0 aliphatic carbocycles. The fourth-order valence-electron chi connectivity index (χ4n) is 0.724. The van der Waals surface area contributed by atoms with Crippen LogP contribution in [0.4, 0.5) is 0 Å². The normalized spacial score (nSPS) is 17.6. The number of carbonyl (C=O) groups is 1. The molecule has 0 unspecified atom stereocenters. The number of rotatable bonds is 2. The van der Waals surface area contributed by atoms with Crippen molar-refractivity contribution in [1.29, 1.82) is 0 Å². The maximum Gasteiger partial charge on any atom is 0.340 e. The largest absolute Gasteiger partial charge is 0.370 e. The molecular formula is C8H13NO3. The Kier molecular flexibility index (Phi) is 2.47. The van der Waals surface area contributed by atoms with Gasteiger partial charge in [-0.2, -0.15) is 0 Å². The second kappa shape index (κ2) is 3.23. The molecule has 0 radical (unpaired) electrons. The molecule has 1 rings (SSSR count). The summed E-state index contributed by atoms with van der Waals surface area (Å²) in [4.78, 5) is 15.0. The molecule has 0 N–H and O–H groups in total. The first-order valence-corrected chi connectivity index (χ1v) is 3.87. The smallest absolute Gasteiger partial charge is 0.340 e. The molecule has 4 nitrogen and oxygen atoms in total. The summed E-state index contributed by atoms with van der Waals surface area (Å²) < 4.78 is 5.40. The number of carbonyl (C=O) groups excluding carboxylic acids is 1. The topological polar surface area (TPSA) is 47.9 Å². The van der Waals surface area contributed by atoms with Gasteiger partial charge in [0.2, 0.25) is 0 Å². The van der Waals surface area contributed by atoms with Crippen molar-refractivity contribution in [1.82, 2.24) is 0 Å². The Morgan fingerprint density at radius 2 is 2.25 bits per heavy atom. The van der Waals surface area contributed by atoms with E-state index in [4.69, 9.17) is 4.74 Å². The Hall–Kier alpha value is -0.900. The predicted octanol–water partition coefficient (Wildman–Crippen LogP) is 1.10. The molecule has 0 fully saturated rings. The van der Waals surface area contributed by atoms with E-state index in [0.29, 0.717) is 12.3 Å². The fourth-order valence-corrected chi connectivity index (χ4v) is 0.724. The lowest BCUT2D eigenvalue weighted by molar-refractivity contribution is -0.140.